The summed E-state index contributed by atoms with van der Waals surface area (Å²) in [6.07, 6.45) is 3.28. The Bertz CT molecular complexity index is 434. The van der Waals surface area contributed by atoms with Gasteiger partial charge in [-0.3, -0.25) is 4.79 Å². The predicted octanol–water partition coefficient (Wildman–Crippen LogP) is -0.0696. The smallest absolute Gasteiger partial charge is 0.229 e. The lowest BCUT2D eigenvalue weighted by molar-refractivity contribution is -0.136. The fourth-order valence-corrected chi connectivity index (χ4v) is 2.65. The molecule has 1 aromatic rings. The molecule has 2 heterocycles. The van der Waals surface area contributed by atoms with Gasteiger partial charge in [-0.2, -0.15) is 0 Å². The van der Waals surface area contributed by atoms with E-state index in [0.29, 0.717) is 13.2 Å². The van der Waals surface area contributed by atoms with Gasteiger partial charge in [0.15, 0.2) is 5.82 Å². The van der Waals surface area contributed by atoms with Crippen molar-refractivity contribution in [3.05, 3.63) is 12.2 Å². The van der Waals surface area contributed by atoms with Gasteiger partial charge in [0.05, 0.1) is 18.6 Å². The number of carbonyl (C=O) groups is 1. The number of methoxy groups -OCH3 is 1. The molecule has 0 saturated carbocycles. The van der Waals surface area contributed by atoms with E-state index >= 15 is 0 Å². The van der Waals surface area contributed by atoms with Crippen molar-refractivity contribution >= 4 is 5.91 Å². The molecule has 1 saturated heterocycles. The van der Waals surface area contributed by atoms with E-state index in [4.69, 9.17) is 4.74 Å². The van der Waals surface area contributed by atoms with Crippen molar-refractivity contribution in [2.24, 2.45) is 5.41 Å². The average molecular weight is 281 g/mol. The topological polar surface area (TPSA) is 81.1 Å². The van der Waals surface area contributed by atoms with Crippen LogP contribution in [0.1, 0.15) is 25.6 Å². The van der Waals surface area contributed by atoms with Crippen LogP contribution < -0.4 is 10.6 Å². The van der Waals surface area contributed by atoms with Crippen LogP contribution in [0, 0.1) is 5.41 Å². The van der Waals surface area contributed by atoms with Crippen LogP contribution in [0.25, 0.3) is 0 Å². The predicted molar refractivity (Wildman–Crippen MR) is 74.0 cm³/mol. The van der Waals surface area contributed by atoms with E-state index in [1.54, 1.807) is 13.4 Å². The summed E-state index contributed by atoms with van der Waals surface area (Å²) in [4.78, 5) is 12.5. The molecule has 0 aliphatic carbocycles. The molecule has 0 radical (unpaired) electrons. The first-order chi connectivity index (χ1) is 9.72. The largest absolute Gasteiger partial charge is 0.384 e. The lowest BCUT2D eigenvalue weighted by atomic mass is 9.78. The zero-order chi connectivity index (χ0) is 14.4. The number of carbonyl (C=O) groups excluding carboxylic acids is 1. The van der Waals surface area contributed by atoms with E-state index in [0.717, 1.165) is 38.3 Å². The van der Waals surface area contributed by atoms with E-state index in [9.17, 15) is 4.79 Å². The van der Waals surface area contributed by atoms with Gasteiger partial charge >= 0.3 is 0 Å². The summed E-state index contributed by atoms with van der Waals surface area (Å²) < 4.78 is 7.19. The van der Waals surface area contributed by atoms with E-state index in [-0.39, 0.29) is 5.91 Å². The molecule has 112 valence electrons. The molecule has 7 heteroatoms. The van der Waals surface area contributed by atoms with E-state index in [2.05, 4.69) is 20.8 Å². The fraction of sp³-hybridized carbons (Fsp3) is 0.769. The first-order valence-corrected chi connectivity index (χ1v) is 7.06. The first kappa shape index (κ1) is 14.9. The van der Waals surface area contributed by atoms with Crippen molar-refractivity contribution in [1.29, 1.82) is 0 Å². The lowest BCUT2D eigenvalue weighted by Gasteiger charge is -2.35. The zero-order valence-electron chi connectivity index (χ0n) is 12.2. The first-order valence-electron chi connectivity index (χ1n) is 7.06. The second-order valence-electron chi connectivity index (χ2n) is 5.18. The molecular formula is C13H23N5O2. The van der Waals surface area contributed by atoms with E-state index in [1.807, 2.05) is 11.5 Å². The van der Waals surface area contributed by atoms with Gasteiger partial charge in [-0.1, -0.05) is 0 Å². The van der Waals surface area contributed by atoms with Crippen LogP contribution in [-0.2, 0) is 22.6 Å². The second kappa shape index (κ2) is 6.81. The van der Waals surface area contributed by atoms with Crippen molar-refractivity contribution in [1.82, 2.24) is 25.4 Å². The summed E-state index contributed by atoms with van der Waals surface area (Å²) in [5.74, 6) is 0.828. The molecule has 1 fully saturated rings. The summed E-state index contributed by atoms with van der Waals surface area (Å²) >= 11 is 0. The molecule has 0 aromatic carbocycles. The number of ether oxygens (including phenoxy) is 1. The van der Waals surface area contributed by atoms with Crippen molar-refractivity contribution < 1.29 is 9.53 Å². The number of nitrogens with zero attached hydrogens (tertiary/aromatic N) is 3. The van der Waals surface area contributed by atoms with Crippen molar-refractivity contribution in [3.8, 4) is 0 Å². The molecule has 0 spiro atoms. The van der Waals surface area contributed by atoms with E-state index in [1.165, 1.54) is 0 Å². The Hall–Kier alpha value is -1.47. The summed E-state index contributed by atoms with van der Waals surface area (Å²) in [5.41, 5.74) is -0.420. The molecule has 2 N–H and O–H groups in total. The molecule has 2 rings (SSSR count). The molecule has 1 aromatic heterocycles. The monoisotopic (exact) mass is 281 g/mol. The third-order valence-electron chi connectivity index (χ3n) is 3.91. The highest BCUT2D eigenvalue weighted by Crippen LogP contribution is 2.29. The lowest BCUT2D eigenvalue weighted by Crippen LogP contribution is -2.50. The van der Waals surface area contributed by atoms with Crippen LogP contribution in [0.2, 0.25) is 0 Å². The normalized spacial score (nSPS) is 17.9. The Morgan fingerprint density at radius 2 is 2.30 bits per heavy atom. The van der Waals surface area contributed by atoms with Gasteiger partial charge in [0.25, 0.3) is 0 Å². The third-order valence-corrected chi connectivity index (χ3v) is 3.91. The Morgan fingerprint density at radius 1 is 1.55 bits per heavy atom. The van der Waals surface area contributed by atoms with Crippen LogP contribution >= 0.6 is 0 Å². The number of rotatable bonds is 6. The number of hydrogen-bond acceptors (Lipinski definition) is 5. The summed E-state index contributed by atoms with van der Waals surface area (Å²) in [6, 6.07) is 0. The second-order valence-corrected chi connectivity index (χ2v) is 5.18. The molecular weight excluding hydrogens is 258 g/mol. The summed E-state index contributed by atoms with van der Waals surface area (Å²) in [6.45, 7) is 5.38. The number of amides is 1. The number of aryl methyl sites for hydroxylation is 1. The standard InChI is InChI=1S/C13H23N5O2/c1-3-18-10-16-17-11(18)8-15-12(19)13(9-20-2)4-6-14-7-5-13/h10,14H,3-9H2,1-2H3,(H,15,19). The molecule has 7 nitrogen and oxygen atoms in total. The van der Waals surface area contributed by atoms with Gasteiger partial charge in [0.2, 0.25) is 5.91 Å². The molecule has 0 atom stereocenters. The molecule has 0 unspecified atom stereocenters. The van der Waals surface area contributed by atoms with Crippen LogP contribution in [0.15, 0.2) is 6.33 Å². The Labute approximate surface area is 119 Å². The fourth-order valence-electron chi connectivity index (χ4n) is 2.65. The highest BCUT2D eigenvalue weighted by molar-refractivity contribution is 5.82. The maximum absolute atomic E-state index is 12.5. The van der Waals surface area contributed by atoms with Gasteiger partial charge in [-0.05, 0) is 32.9 Å². The van der Waals surface area contributed by atoms with Crippen molar-refractivity contribution in [2.75, 3.05) is 26.8 Å². The number of hydrogen-bond donors (Lipinski definition) is 2. The van der Waals surface area contributed by atoms with Crippen LogP contribution in [0.3, 0.4) is 0 Å². The highest BCUT2D eigenvalue weighted by Gasteiger charge is 2.39. The summed E-state index contributed by atoms with van der Waals surface area (Å²) in [7, 11) is 1.64. The van der Waals surface area contributed by atoms with Crippen LogP contribution in [0.4, 0.5) is 0 Å². The molecule has 0 bridgehead atoms. The minimum absolute atomic E-state index is 0.0477. The molecule has 1 aliphatic heterocycles. The Kier molecular flexibility index (Phi) is 5.08. The average Bonchev–Trinajstić information content (AvgIpc) is 2.93. The molecule has 1 amide bonds. The van der Waals surface area contributed by atoms with E-state index < -0.39 is 5.41 Å². The van der Waals surface area contributed by atoms with Crippen LogP contribution in [0.5, 0.6) is 0 Å². The quantitative estimate of drug-likeness (QED) is 0.763. The minimum Gasteiger partial charge on any atom is -0.384 e. The number of aromatic nitrogens is 3. The van der Waals surface area contributed by atoms with Gasteiger partial charge < -0.3 is 19.9 Å². The molecule has 1 aliphatic rings. The highest BCUT2D eigenvalue weighted by atomic mass is 16.5. The van der Waals surface area contributed by atoms with Gasteiger partial charge in [0.1, 0.15) is 6.33 Å². The van der Waals surface area contributed by atoms with Crippen molar-refractivity contribution in [3.63, 3.8) is 0 Å². The maximum atomic E-state index is 12.5. The van der Waals surface area contributed by atoms with Gasteiger partial charge in [-0.15, -0.1) is 10.2 Å². The number of nitrogens with one attached hydrogen (secondary N) is 2. The minimum atomic E-state index is -0.420. The SMILES string of the molecule is CCn1cnnc1CNC(=O)C1(COC)CCNCC1. The van der Waals surface area contributed by atoms with Gasteiger partial charge in [-0.25, -0.2) is 0 Å². The molecule has 20 heavy (non-hydrogen) atoms. The maximum Gasteiger partial charge on any atom is 0.229 e. The van der Waals surface area contributed by atoms with Gasteiger partial charge in [0, 0.05) is 13.7 Å². The third kappa shape index (κ3) is 3.16. The van der Waals surface area contributed by atoms with Crippen molar-refractivity contribution in [2.45, 2.75) is 32.9 Å². The summed E-state index contributed by atoms with van der Waals surface area (Å²) in [5, 5.41) is 14.2. The number of piperidine rings is 1. The Morgan fingerprint density at radius 3 is 2.95 bits per heavy atom. The zero-order valence-corrected chi connectivity index (χ0v) is 12.2. The van der Waals surface area contributed by atoms with Crippen LogP contribution in [-0.4, -0.2) is 47.5 Å². The Balaban J connectivity index is 1.98.